The van der Waals surface area contributed by atoms with E-state index in [1.54, 1.807) is 25.5 Å². The molecule has 2 atom stereocenters. The van der Waals surface area contributed by atoms with Crippen molar-refractivity contribution < 1.29 is 4.79 Å². The van der Waals surface area contributed by atoms with Gasteiger partial charge >= 0.3 is 0 Å². The van der Waals surface area contributed by atoms with Crippen molar-refractivity contribution in [3.8, 4) is 0 Å². The Morgan fingerprint density at radius 2 is 2.06 bits per heavy atom. The summed E-state index contributed by atoms with van der Waals surface area (Å²) in [4.78, 5) is 43.0. The van der Waals surface area contributed by atoms with Crippen LogP contribution in [0.25, 0.3) is 16.6 Å². The lowest BCUT2D eigenvalue weighted by atomic mass is 9.92. The summed E-state index contributed by atoms with van der Waals surface area (Å²) in [6.45, 7) is 6.74. The predicted molar refractivity (Wildman–Crippen MR) is 124 cm³/mol. The average Bonchev–Trinajstić information content (AvgIpc) is 3.51. The molecule has 1 aliphatic heterocycles. The summed E-state index contributed by atoms with van der Waals surface area (Å²) < 4.78 is 1.47. The zero-order chi connectivity index (χ0) is 22.9. The normalized spacial score (nSPS) is 22.4. The van der Waals surface area contributed by atoms with Crippen LogP contribution in [0.2, 0.25) is 0 Å². The summed E-state index contributed by atoms with van der Waals surface area (Å²) >= 11 is 0. The SMILES string of the molecule is Cc1cn2nc(C(=O)N[C@@]34CCC[C@@H]3N(c3ncnc5[nH]c(C)c(C)c35)CC4)cc2c(=O)[nH]1. The second-order valence-corrected chi connectivity index (χ2v) is 9.38. The van der Waals surface area contributed by atoms with Crippen LogP contribution in [0.15, 0.2) is 23.4 Å². The quantitative estimate of drug-likeness (QED) is 0.443. The summed E-state index contributed by atoms with van der Waals surface area (Å²) in [6.07, 6.45) is 7.08. The number of carbonyl (C=O) groups excluding carboxylic acids is 1. The van der Waals surface area contributed by atoms with Crippen LogP contribution in [-0.4, -0.2) is 53.6 Å². The summed E-state index contributed by atoms with van der Waals surface area (Å²) in [5, 5.41) is 8.73. The van der Waals surface area contributed by atoms with Gasteiger partial charge in [0, 0.05) is 30.2 Å². The zero-order valence-corrected chi connectivity index (χ0v) is 18.9. The number of anilines is 1. The molecule has 10 heteroatoms. The highest BCUT2D eigenvalue weighted by Gasteiger charge is 2.52. The maximum atomic E-state index is 13.3. The molecule has 6 rings (SSSR count). The molecule has 1 saturated carbocycles. The van der Waals surface area contributed by atoms with Crippen LogP contribution in [0, 0.1) is 20.8 Å². The second-order valence-electron chi connectivity index (χ2n) is 9.38. The smallest absolute Gasteiger partial charge is 0.274 e. The highest BCUT2D eigenvalue weighted by atomic mass is 16.2. The van der Waals surface area contributed by atoms with E-state index in [1.807, 2.05) is 6.92 Å². The van der Waals surface area contributed by atoms with E-state index >= 15 is 0 Å². The van der Waals surface area contributed by atoms with Gasteiger partial charge in [0.15, 0.2) is 5.69 Å². The molecule has 0 bridgehead atoms. The highest BCUT2D eigenvalue weighted by molar-refractivity contribution is 5.95. The summed E-state index contributed by atoms with van der Waals surface area (Å²) in [6, 6.07) is 1.71. The van der Waals surface area contributed by atoms with Gasteiger partial charge in [-0.25, -0.2) is 14.5 Å². The fourth-order valence-electron chi connectivity index (χ4n) is 5.75. The van der Waals surface area contributed by atoms with Gasteiger partial charge in [-0.3, -0.25) is 9.59 Å². The number of aromatic amines is 2. The molecule has 33 heavy (non-hydrogen) atoms. The summed E-state index contributed by atoms with van der Waals surface area (Å²) in [5.41, 5.74) is 3.81. The van der Waals surface area contributed by atoms with Gasteiger partial charge in [-0.1, -0.05) is 0 Å². The third-order valence-electron chi connectivity index (χ3n) is 7.45. The fourth-order valence-corrected chi connectivity index (χ4v) is 5.75. The van der Waals surface area contributed by atoms with Crippen LogP contribution in [0.3, 0.4) is 0 Å². The molecule has 0 radical (unpaired) electrons. The molecule has 0 spiro atoms. The number of rotatable bonds is 3. The fraction of sp³-hybridized carbons (Fsp3) is 0.435. The van der Waals surface area contributed by atoms with Crippen molar-refractivity contribution in [1.29, 1.82) is 0 Å². The number of H-pyrrole nitrogens is 2. The number of aromatic nitrogens is 6. The zero-order valence-electron chi connectivity index (χ0n) is 18.9. The van der Waals surface area contributed by atoms with E-state index in [0.29, 0.717) is 11.2 Å². The first-order valence-corrected chi connectivity index (χ1v) is 11.3. The van der Waals surface area contributed by atoms with Crippen LogP contribution >= 0.6 is 0 Å². The molecule has 170 valence electrons. The molecule has 0 aromatic carbocycles. The number of aryl methyl sites for hydroxylation is 3. The Kier molecular flexibility index (Phi) is 4.17. The minimum atomic E-state index is -0.342. The van der Waals surface area contributed by atoms with Crippen molar-refractivity contribution >= 4 is 28.3 Å². The lowest BCUT2D eigenvalue weighted by molar-refractivity contribution is 0.0894. The maximum Gasteiger partial charge on any atom is 0.274 e. The first kappa shape index (κ1) is 20.0. The van der Waals surface area contributed by atoms with E-state index < -0.39 is 0 Å². The predicted octanol–water partition coefficient (Wildman–Crippen LogP) is 2.15. The van der Waals surface area contributed by atoms with E-state index in [4.69, 9.17) is 0 Å². The van der Waals surface area contributed by atoms with Gasteiger partial charge in [-0.15, -0.1) is 0 Å². The summed E-state index contributed by atoms with van der Waals surface area (Å²) in [7, 11) is 0. The third kappa shape index (κ3) is 2.89. The van der Waals surface area contributed by atoms with Crippen molar-refractivity contribution in [2.45, 2.75) is 58.0 Å². The van der Waals surface area contributed by atoms with E-state index in [9.17, 15) is 9.59 Å². The first-order chi connectivity index (χ1) is 15.9. The van der Waals surface area contributed by atoms with Crippen molar-refractivity contribution in [1.82, 2.24) is 34.9 Å². The van der Waals surface area contributed by atoms with Crippen LogP contribution in [-0.2, 0) is 0 Å². The lowest BCUT2D eigenvalue weighted by Gasteiger charge is -2.33. The molecule has 2 aliphatic rings. The van der Waals surface area contributed by atoms with Gasteiger partial charge in [0.2, 0.25) is 0 Å². The Morgan fingerprint density at radius 3 is 2.91 bits per heavy atom. The van der Waals surface area contributed by atoms with E-state index in [2.05, 4.69) is 42.2 Å². The number of hydrogen-bond acceptors (Lipinski definition) is 6. The third-order valence-corrected chi connectivity index (χ3v) is 7.45. The Labute approximate surface area is 189 Å². The number of nitrogens with zero attached hydrogens (tertiary/aromatic N) is 5. The minimum Gasteiger partial charge on any atom is -0.351 e. The average molecular weight is 447 g/mol. The van der Waals surface area contributed by atoms with E-state index in [-0.39, 0.29) is 28.7 Å². The molecule has 4 aromatic rings. The van der Waals surface area contributed by atoms with E-state index in [1.165, 1.54) is 4.52 Å². The van der Waals surface area contributed by atoms with Gasteiger partial charge in [-0.2, -0.15) is 5.10 Å². The molecule has 4 aromatic heterocycles. The minimum absolute atomic E-state index is 0.150. The molecule has 0 unspecified atom stereocenters. The van der Waals surface area contributed by atoms with Crippen molar-refractivity contribution in [3.63, 3.8) is 0 Å². The number of hydrogen-bond donors (Lipinski definition) is 3. The molecule has 1 aliphatic carbocycles. The lowest BCUT2D eigenvalue weighted by Crippen LogP contribution is -2.53. The largest absolute Gasteiger partial charge is 0.351 e. The van der Waals surface area contributed by atoms with Crippen molar-refractivity contribution in [3.05, 3.63) is 51.6 Å². The van der Waals surface area contributed by atoms with Crippen molar-refractivity contribution in [2.24, 2.45) is 0 Å². The van der Waals surface area contributed by atoms with Crippen molar-refractivity contribution in [2.75, 3.05) is 11.4 Å². The standard InChI is InChI=1S/C23H26N8O2/c1-12-10-31-16(22(33)26-12)9-15(29-31)21(32)28-23-6-4-5-17(23)30(8-7-23)20-18-13(2)14(3)27-19(18)24-11-25-20/h9-11,17H,4-8H2,1-3H3,(H,26,33)(H,28,32)(H,24,25,27)/t17-,23+/m0/s1. The van der Waals surface area contributed by atoms with Gasteiger partial charge < -0.3 is 20.2 Å². The van der Waals surface area contributed by atoms with Crippen LogP contribution in [0.1, 0.15) is 53.1 Å². The van der Waals surface area contributed by atoms with E-state index in [0.717, 1.165) is 60.3 Å². The molecule has 5 heterocycles. The monoisotopic (exact) mass is 446 g/mol. The van der Waals surface area contributed by atoms with Crippen LogP contribution in [0.5, 0.6) is 0 Å². The molecule has 1 saturated heterocycles. The van der Waals surface area contributed by atoms with Gasteiger partial charge in [-0.05, 0) is 52.0 Å². The van der Waals surface area contributed by atoms with Gasteiger partial charge in [0.25, 0.3) is 11.5 Å². The highest BCUT2D eigenvalue weighted by Crippen LogP contribution is 2.45. The number of fused-ring (bicyclic) bond motifs is 3. The maximum absolute atomic E-state index is 13.3. The molecular formula is C23H26N8O2. The number of nitrogens with one attached hydrogen (secondary N) is 3. The van der Waals surface area contributed by atoms with Crippen LogP contribution < -0.4 is 15.8 Å². The van der Waals surface area contributed by atoms with Crippen LogP contribution in [0.4, 0.5) is 5.82 Å². The first-order valence-electron chi connectivity index (χ1n) is 11.3. The Morgan fingerprint density at radius 1 is 1.21 bits per heavy atom. The second kappa shape index (κ2) is 6.90. The molecular weight excluding hydrogens is 420 g/mol. The molecule has 10 nitrogen and oxygen atoms in total. The Balaban J connectivity index is 1.33. The molecule has 2 fully saturated rings. The topological polar surface area (TPSA) is 124 Å². The summed E-state index contributed by atoms with van der Waals surface area (Å²) in [5.74, 6) is 0.686. The molecule has 3 N–H and O–H groups in total. The Hall–Kier alpha value is -3.69. The number of carbonyl (C=O) groups is 1. The Bertz CT molecular complexity index is 1480. The van der Waals surface area contributed by atoms with Gasteiger partial charge in [0.1, 0.15) is 23.3 Å². The van der Waals surface area contributed by atoms with Gasteiger partial charge in [0.05, 0.1) is 17.0 Å². The molecule has 1 amide bonds. The number of amides is 1.